The van der Waals surface area contributed by atoms with Gasteiger partial charge in [-0.1, -0.05) is 35.9 Å². The fraction of sp³-hybridized carbons (Fsp3) is 0.757. The van der Waals surface area contributed by atoms with Crippen LogP contribution in [0.4, 0.5) is 11.4 Å². The number of nitrogens with zero attached hydrogens (tertiary/aromatic N) is 1. The Kier molecular flexibility index (Phi) is 60.7. The number of ether oxygens (including phenoxy) is 24. The predicted molar refractivity (Wildman–Crippen MR) is 363 cm³/mol. The number of aryl methyl sites for hydroxylation is 1. The molecule has 2 aromatic carbocycles. The standard InChI is InChI=1S/C70H120N2O24/c1-65-13-14-68-67(64-65)70(2,3)69(12-8-9-15-71-66-10-6-5-7-11-66)72(68)16-17-74-20-21-76-24-25-78-28-29-80-32-33-82-36-37-84-40-41-86-44-45-88-48-49-90-52-53-92-56-57-94-60-61-96-63-62-95-59-58-93-55-54-91-51-50-89-47-46-87-43-42-85-39-38-83-35-34-81-31-30-79-27-26-77-23-22-75-19-18-73-4/h5-15,64H,16-63H2,1-4H3/p+1. The van der Waals surface area contributed by atoms with Crippen LogP contribution < -0.4 is 5.32 Å². The Bertz CT molecular complexity index is 2080. The molecule has 0 aromatic heterocycles. The van der Waals surface area contributed by atoms with Gasteiger partial charge in [-0.3, -0.25) is 0 Å². The number of methoxy groups -OCH3 is 1. The van der Waals surface area contributed by atoms with Gasteiger partial charge in [-0.2, -0.15) is 4.58 Å². The average molecular weight is 1370 g/mol. The Labute approximate surface area is 573 Å². The molecule has 1 heterocycles. The van der Waals surface area contributed by atoms with Crippen molar-refractivity contribution in [2.45, 2.75) is 26.2 Å². The minimum absolute atomic E-state index is 0.134. The minimum atomic E-state index is -0.134. The molecule has 554 valence electrons. The van der Waals surface area contributed by atoms with Gasteiger partial charge in [0.05, 0.1) is 309 Å². The highest BCUT2D eigenvalue weighted by atomic mass is 16.6. The van der Waals surface area contributed by atoms with Crippen molar-refractivity contribution in [3.05, 3.63) is 84.1 Å². The summed E-state index contributed by atoms with van der Waals surface area (Å²) in [6.07, 6.45) is 8.29. The van der Waals surface area contributed by atoms with Crippen molar-refractivity contribution < 1.29 is 118 Å². The first-order valence-electron chi connectivity index (χ1n) is 34.2. The number of allylic oxidation sites excluding steroid dienone is 3. The Hall–Kier alpha value is -3.57. The number of benzene rings is 2. The first kappa shape index (κ1) is 86.7. The number of nitrogens with one attached hydrogen (secondary N) is 1. The van der Waals surface area contributed by atoms with Crippen molar-refractivity contribution in [1.29, 1.82) is 0 Å². The van der Waals surface area contributed by atoms with Crippen LogP contribution in [-0.4, -0.2) is 334 Å². The molecule has 0 unspecified atom stereocenters. The van der Waals surface area contributed by atoms with Gasteiger partial charge in [-0.05, 0) is 45.0 Å². The van der Waals surface area contributed by atoms with E-state index in [0.29, 0.717) is 311 Å². The molecule has 26 nitrogen and oxygen atoms in total. The third kappa shape index (κ3) is 51.6. The fourth-order valence-electron chi connectivity index (χ4n) is 8.65. The number of fused-ring (bicyclic) bond motifs is 1. The highest BCUT2D eigenvalue weighted by Crippen LogP contribution is 2.40. The largest absolute Gasteiger partial charge is 0.382 e. The molecule has 0 radical (unpaired) electrons. The van der Waals surface area contributed by atoms with E-state index < -0.39 is 0 Å². The van der Waals surface area contributed by atoms with E-state index in [1.54, 1.807) is 7.11 Å². The first-order chi connectivity index (χ1) is 47.5. The van der Waals surface area contributed by atoms with Crippen molar-refractivity contribution in [1.82, 2.24) is 0 Å². The lowest BCUT2D eigenvalue weighted by Gasteiger charge is -2.15. The zero-order chi connectivity index (χ0) is 68.1. The summed E-state index contributed by atoms with van der Waals surface area (Å²) in [6, 6.07) is 16.8. The number of para-hydroxylation sites is 1. The van der Waals surface area contributed by atoms with E-state index in [9.17, 15) is 0 Å². The van der Waals surface area contributed by atoms with E-state index in [1.165, 1.54) is 22.5 Å². The van der Waals surface area contributed by atoms with Gasteiger partial charge < -0.3 is 119 Å². The van der Waals surface area contributed by atoms with Gasteiger partial charge in [0.15, 0.2) is 12.3 Å². The van der Waals surface area contributed by atoms with Crippen LogP contribution in [0.2, 0.25) is 0 Å². The van der Waals surface area contributed by atoms with Crippen LogP contribution in [0.1, 0.15) is 25.0 Å². The Morgan fingerprint density at radius 2 is 0.562 bits per heavy atom. The van der Waals surface area contributed by atoms with Crippen molar-refractivity contribution in [2.24, 2.45) is 0 Å². The SMILES string of the molecule is COCCOCCOCCOCCOCCOCCOCCOCCOCCOCCOCCOCCOCCOCCOCCOCCOCCOCCOCCOCCOCCOCCOCCOCC[N+]1=C(/C=C/C=C/Nc2ccccc2)C(C)(C)c2cc(C)ccc21. The summed E-state index contributed by atoms with van der Waals surface area (Å²) in [5.74, 6) is 0. The number of hydrogen-bond donors (Lipinski definition) is 1. The molecule has 1 N–H and O–H groups in total. The zero-order valence-electron chi connectivity index (χ0n) is 58.6. The van der Waals surface area contributed by atoms with Gasteiger partial charge in [0.2, 0.25) is 5.69 Å². The molecule has 1 aliphatic heterocycles. The molecule has 0 bridgehead atoms. The molecule has 96 heavy (non-hydrogen) atoms. The summed E-state index contributed by atoms with van der Waals surface area (Å²) in [5.41, 5.74) is 5.98. The average Bonchev–Trinajstić information content (AvgIpc) is 1.60. The quantitative estimate of drug-likeness (QED) is 0.0483. The molecular weight excluding hydrogens is 1250 g/mol. The van der Waals surface area contributed by atoms with Crippen molar-refractivity contribution in [3.8, 4) is 0 Å². The van der Waals surface area contributed by atoms with Gasteiger partial charge in [0.1, 0.15) is 6.61 Å². The van der Waals surface area contributed by atoms with Crippen LogP contribution in [0, 0.1) is 6.92 Å². The second kappa shape index (κ2) is 67.3. The van der Waals surface area contributed by atoms with E-state index in [2.05, 4.69) is 61.0 Å². The van der Waals surface area contributed by atoms with Gasteiger partial charge >= 0.3 is 0 Å². The van der Waals surface area contributed by atoms with E-state index in [-0.39, 0.29) is 5.41 Å². The molecule has 1 aliphatic rings. The van der Waals surface area contributed by atoms with Crippen molar-refractivity contribution >= 4 is 17.1 Å². The Morgan fingerprint density at radius 3 is 0.823 bits per heavy atom. The number of anilines is 1. The number of rotatable bonds is 76. The Morgan fingerprint density at radius 1 is 0.312 bits per heavy atom. The van der Waals surface area contributed by atoms with Crippen LogP contribution in [0.5, 0.6) is 0 Å². The summed E-state index contributed by atoms with van der Waals surface area (Å²) in [4.78, 5) is 0. The van der Waals surface area contributed by atoms with E-state index in [1.807, 2.05) is 42.6 Å². The minimum Gasteiger partial charge on any atom is -0.382 e. The summed E-state index contributed by atoms with van der Waals surface area (Å²) < 4.78 is 135. The van der Waals surface area contributed by atoms with Crippen molar-refractivity contribution in [2.75, 3.05) is 329 Å². The van der Waals surface area contributed by atoms with Gasteiger partial charge in [0, 0.05) is 36.7 Å². The molecule has 0 spiro atoms. The summed E-state index contributed by atoms with van der Waals surface area (Å²) in [6.45, 7) is 31.0. The van der Waals surface area contributed by atoms with Gasteiger partial charge in [0.25, 0.3) is 0 Å². The molecule has 0 saturated carbocycles. The smallest absolute Gasteiger partial charge is 0.209 e. The maximum absolute atomic E-state index is 6.00. The summed E-state index contributed by atoms with van der Waals surface area (Å²) >= 11 is 0. The molecular formula is C70H121N2O24+. The summed E-state index contributed by atoms with van der Waals surface area (Å²) in [7, 11) is 1.64. The topological polar surface area (TPSA) is 237 Å². The third-order valence-electron chi connectivity index (χ3n) is 13.6. The molecule has 2 aromatic rings. The normalized spacial score (nSPS) is 13.0. The first-order valence-corrected chi connectivity index (χ1v) is 34.2. The molecule has 0 atom stereocenters. The van der Waals surface area contributed by atoms with E-state index in [4.69, 9.17) is 114 Å². The highest BCUT2D eigenvalue weighted by Gasteiger charge is 2.44. The molecule has 0 saturated heterocycles. The lowest BCUT2D eigenvalue weighted by atomic mass is 9.81. The molecule has 3 rings (SSSR count). The lowest BCUT2D eigenvalue weighted by molar-refractivity contribution is -0.442. The zero-order valence-corrected chi connectivity index (χ0v) is 58.6. The lowest BCUT2D eigenvalue weighted by Crippen LogP contribution is -2.28. The second-order valence-corrected chi connectivity index (χ2v) is 21.5. The predicted octanol–water partition coefficient (Wildman–Crippen LogP) is 5.58. The molecule has 0 amide bonds. The maximum Gasteiger partial charge on any atom is 0.209 e. The van der Waals surface area contributed by atoms with Gasteiger partial charge in [-0.25, -0.2) is 0 Å². The highest BCUT2D eigenvalue weighted by molar-refractivity contribution is 6.03. The summed E-state index contributed by atoms with van der Waals surface area (Å²) in [5, 5.41) is 3.32. The van der Waals surface area contributed by atoms with Crippen LogP contribution in [0.3, 0.4) is 0 Å². The molecule has 26 heteroatoms. The van der Waals surface area contributed by atoms with E-state index in [0.717, 1.165) is 12.2 Å². The second-order valence-electron chi connectivity index (χ2n) is 21.5. The fourth-order valence-corrected chi connectivity index (χ4v) is 8.65. The van der Waals surface area contributed by atoms with Gasteiger partial charge in [-0.15, -0.1) is 0 Å². The molecule has 0 fully saturated rings. The van der Waals surface area contributed by atoms with Crippen molar-refractivity contribution in [3.63, 3.8) is 0 Å². The van der Waals surface area contributed by atoms with Crippen LogP contribution in [0.15, 0.2) is 73.0 Å². The maximum atomic E-state index is 6.00. The monoisotopic (exact) mass is 1370 g/mol. The van der Waals surface area contributed by atoms with E-state index >= 15 is 0 Å². The molecule has 0 aliphatic carbocycles. The van der Waals surface area contributed by atoms with Crippen LogP contribution in [0.25, 0.3) is 0 Å². The Balaban J connectivity index is 0.896. The van der Waals surface area contributed by atoms with Crippen LogP contribution >= 0.6 is 0 Å². The number of hydrogen-bond acceptors (Lipinski definition) is 25. The third-order valence-corrected chi connectivity index (χ3v) is 13.6. The van der Waals surface area contributed by atoms with Crippen LogP contribution in [-0.2, 0) is 119 Å².